The molecular formula is C25H34N6+2. The molecular weight excluding hydrogens is 384 g/mol. The highest BCUT2D eigenvalue weighted by Gasteiger charge is 2.50. The second kappa shape index (κ2) is 8.00. The SMILES string of the molecule is NC(N)=Nc1ccc(C(c2ccc([NH+]=C(N)[NH3+])cc2)C2C3CC4CC(C3)CC2C4)cc1. The molecule has 0 amide bonds. The highest BCUT2D eigenvalue weighted by molar-refractivity contribution is 5.79. The van der Waals surface area contributed by atoms with Crippen LogP contribution in [0.1, 0.15) is 49.1 Å². The third-order valence-electron chi connectivity index (χ3n) is 7.77. The molecule has 4 fully saturated rings. The molecule has 31 heavy (non-hydrogen) atoms. The third kappa shape index (κ3) is 4.04. The van der Waals surface area contributed by atoms with Gasteiger partial charge in [0.15, 0.2) is 5.96 Å². The van der Waals surface area contributed by atoms with Crippen molar-refractivity contribution >= 4 is 23.3 Å². The van der Waals surface area contributed by atoms with E-state index in [2.05, 4.69) is 52.1 Å². The van der Waals surface area contributed by atoms with Crippen molar-refractivity contribution in [2.24, 2.45) is 51.8 Å². The minimum absolute atomic E-state index is 0.0925. The fourth-order valence-electron chi connectivity index (χ4n) is 7.01. The van der Waals surface area contributed by atoms with Crippen LogP contribution in [0.2, 0.25) is 0 Å². The van der Waals surface area contributed by atoms with Crippen molar-refractivity contribution in [2.45, 2.75) is 38.0 Å². The van der Waals surface area contributed by atoms with E-state index in [4.69, 9.17) is 17.2 Å². The first-order valence-electron chi connectivity index (χ1n) is 11.5. The predicted molar refractivity (Wildman–Crippen MR) is 123 cm³/mol. The molecule has 1 unspecified atom stereocenters. The normalized spacial score (nSPS) is 30.2. The molecule has 4 bridgehead atoms. The van der Waals surface area contributed by atoms with Gasteiger partial charge in [0.05, 0.1) is 5.69 Å². The van der Waals surface area contributed by atoms with Crippen LogP contribution in [0.25, 0.3) is 0 Å². The molecule has 2 aromatic rings. The van der Waals surface area contributed by atoms with Gasteiger partial charge in [-0.3, -0.25) is 5.73 Å². The predicted octanol–water partition coefficient (Wildman–Crippen LogP) is 1.06. The Balaban J connectivity index is 1.53. The molecule has 0 spiro atoms. The first kappa shape index (κ1) is 20.1. The Kier molecular flexibility index (Phi) is 5.18. The quantitative estimate of drug-likeness (QED) is 0.367. The molecule has 6 rings (SSSR count). The van der Waals surface area contributed by atoms with Gasteiger partial charge in [0, 0.05) is 5.92 Å². The fraction of sp³-hybridized carbons (Fsp3) is 0.440. The smallest absolute Gasteiger partial charge is 0.370 e. The Hall–Kier alpha value is -2.86. The Morgan fingerprint density at radius 1 is 0.806 bits per heavy atom. The van der Waals surface area contributed by atoms with E-state index in [1.807, 2.05) is 12.1 Å². The molecule has 0 saturated heterocycles. The minimum Gasteiger partial charge on any atom is -0.370 e. The number of nitrogens with two attached hydrogens (primary N) is 3. The lowest BCUT2D eigenvalue weighted by atomic mass is 9.48. The van der Waals surface area contributed by atoms with E-state index < -0.39 is 0 Å². The summed E-state index contributed by atoms with van der Waals surface area (Å²) in [6, 6.07) is 17.2. The maximum absolute atomic E-state index is 5.72. The molecule has 0 radical (unpaired) electrons. The highest BCUT2D eigenvalue weighted by atomic mass is 15.0. The fourth-order valence-corrected chi connectivity index (χ4v) is 7.01. The number of guanidine groups is 2. The van der Waals surface area contributed by atoms with Gasteiger partial charge in [-0.25, -0.2) is 10.7 Å². The third-order valence-corrected chi connectivity index (χ3v) is 7.77. The van der Waals surface area contributed by atoms with E-state index >= 15 is 0 Å². The zero-order valence-corrected chi connectivity index (χ0v) is 18.0. The minimum atomic E-state index is 0.0925. The second-order valence-electron chi connectivity index (χ2n) is 9.89. The van der Waals surface area contributed by atoms with Crippen molar-refractivity contribution in [2.75, 3.05) is 0 Å². The number of rotatable bonds is 5. The van der Waals surface area contributed by atoms with Crippen molar-refractivity contribution in [3.63, 3.8) is 0 Å². The molecule has 2 aromatic carbocycles. The molecule has 0 aliphatic heterocycles. The van der Waals surface area contributed by atoms with Crippen LogP contribution in [-0.2, 0) is 0 Å². The lowest BCUT2D eigenvalue weighted by Gasteiger charge is -2.56. The molecule has 4 aliphatic carbocycles. The van der Waals surface area contributed by atoms with Crippen molar-refractivity contribution in [1.29, 1.82) is 0 Å². The van der Waals surface area contributed by atoms with E-state index in [1.54, 1.807) is 0 Å². The molecule has 4 aliphatic rings. The van der Waals surface area contributed by atoms with Crippen LogP contribution in [0, 0.1) is 29.6 Å². The molecule has 4 saturated carbocycles. The van der Waals surface area contributed by atoms with Gasteiger partial charge in [-0.05, 0) is 97.1 Å². The number of nitrogens with zero attached hydrogens (tertiary/aromatic N) is 1. The van der Waals surface area contributed by atoms with Crippen molar-refractivity contribution < 1.29 is 10.7 Å². The van der Waals surface area contributed by atoms with Crippen LogP contribution < -0.4 is 27.9 Å². The van der Waals surface area contributed by atoms with Crippen LogP contribution in [0.5, 0.6) is 0 Å². The summed E-state index contributed by atoms with van der Waals surface area (Å²) in [6.45, 7) is 0. The second-order valence-corrected chi connectivity index (χ2v) is 9.89. The van der Waals surface area contributed by atoms with Crippen LogP contribution in [0.3, 0.4) is 0 Å². The molecule has 6 nitrogen and oxygen atoms in total. The van der Waals surface area contributed by atoms with Gasteiger partial charge in [0.25, 0.3) is 0 Å². The summed E-state index contributed by atoms with van der Waals surface area (Å²) >= 11 is 0. The Bertz CT molecular complexity index is 894. The van der Waals surface area contributed by atoms with Gasteiger partial charge in [0.2, 0.25) is 0 Å². The lowest BCUT2D eigenvalue weighted by molar-refractivity contribution is -0.426. The average molecular weight is 419 g/mol. The van der Waals surface area contributed by atoms with Crippen LogP contribution in [0.4, 0.5) is 11.4 Å². The van der Waals surface area contributed by atoms with Crippen LogP contribution >= 0.6 is 0 Å². The molecule has 0 heterocycles. The zero-order valence-electron chi connectivity index (χ0n) is 18.0. The molecule has 6 heteroatoms. The van der Waals surface area contributed by atoms with E-state index in [1.165, 1.54) is 43.2 Å². The average Bonchev–Trinajstić information content (AvgIpc) is 2.71. The number of nitrogens with one attached hydrogen (secondary N) is 1. The largest absolute Gasteiger partial charge is 0.439 e. The molecule has 10 N–H and O–H groups in total. The van der Waals surface area contributed by atoms with Gasteiger partial charge in [-0.15, -0.1) is 0 Å². The summed E-state index contributed by atoms with van der Waals surface area (Å²) in [4.78, 5) is 7.31. The van der Waals surface area contributed by atoms with Crippen LogP contribution in [0.15, 0.2) is 53.5 Å². The highest BCUT2D eigenvalue weighted by Crippen LogP contribution is 2.60. The van der Waals surface area contributed by atoms with E-state index in [0.29, 0.717) is 17.8 Å². The Morgan fingerprint density at radius 3 is 1.81 bits per heavy atom. The summed E-state index contributed by atoms with van der Waals surface area (Å²) in [5.74, 6) is 5.23. The number of hydrogen-bond acceptors (Lipinski definition) is 1. The van der Waals surface area contributed by atoms with Gasteiger partial charge in [-0.2, -0.15) is 4.99 Å². The lowest BCUT2D eigenvalue weighted by Crippen LogP contribution is -2.85. The van der Waals surface area contributed by atoms with Gasteiger partial charge in [0.1, 0.15) is 5.69 Å². The van der Waals surface area contributed by atoms with E-state index in [0.717, 1.165) is 35.0 Å². The topological polar surface area (TPSA) is 132 Å². The van der Waals surface area contributed by atoms with E-state index in [9.17, 15) is 0 Å². The number of aliphatic imine (C=N–C) groups is 1. The van der Waals surface area contributed by atoms with Gasteiger partial charge >= 0.3 is 5.96 Å². The van der Waals surface area contributed by atoms with E-state index in [-0.39, 0.29) is 5.96 Å². The first-order chi connectivity index (χ1) is 15.0. The maximum atomic E-state index is 5.72. The van der Waals surface area contributed by atoms with Gasteiger partial charge < -0.3 is 11.5 Å². The number of hydrogen-bond donors (Lipinski definition) is 5. The standard InChI is InChI=1S/C25H32N6/c26-24(27)30-20-5-1-16(2-6-20)22(17-3-7-21(8-4-17)31-25(28)29)23-18-10-14-9-15(12-18)13-19(23)11-14/h1-8,14-15,18-19,22-23H,9-13H2,(H4,26,27,30)(H4,28,29,31)/p+2. The molecule has 1 atom stereocenters. The summed E-state index contributed by atoms with van der Waals surface area (Å²) in [6.07, 6.45) is 7.11. The first-order valence-corrected chi connectivity index (χ1v) is 11.5. The van der Waals surface area contributed by atoms with Crippen molar-refractivity contribution in [3.05, 3.63) is 59.7 Å². The van der Waals surface area contributed by atoms with Crippen molar-refractivity contribution in [3.8, 4) is 0 Å². The monoisotopic (exact) mass is 418 g/mol. The van der Waals surface area contributed by atoms with Gasteiger partial charge in [-0.1, -0.05) is 24.3 Å². The number of benzene rings is 2. The maximum Gasteiger partial charge on any atom is 0.439 e. The summed E-state index contributed by atoms with van der Waals surface area (Å²) in [5.41, 5.74) is 25.1. The molecule has 0 aromatic heterocycles. The summed E-state index contributed by atoms with van der Waals surface area (Å²) < 4.78 is 0. The van der Waals surface area contributed by atoms with Crippen molar-refractivity contribution in [1.82, 2.24) is 0 Å². The number of quaternary nitrogens is 1. The Labute approximate surface area is 183 Å². The summed E-state index contributed by atoms with van der Waals surface area (Å²) in [5, 5.41) is 0. The zero-order chi connectivity index (χ0) is 21.5. The molecule has 162 valence electrons. The summed E-state index contributed by atoms with van der Waals surface area (Å²) in [7, 11) is 0. The van der Waals surface area contributed by atoms with Crippen LogP contribution in [-0.4, -0.2) is 11.9 Å². The Morgan fingerprint density at radius 2 is 1.32 bits per heavy atom.